The van der Waals surface area contributed by atoms with Gasteiger partial charge in [0.1, 0.15) is 5.60 Å². The Morgan fingerprint density at radius 1 is 1.50 bits per heavy atom. The molecule has 0 bridgehead atoms. The SMILES string of the molecule is COc1ncccc1C(CN)CNC(=O)OC(C)(C)C. The molecule has 0 saturated heterocycles. The van der Waals surface area contributed by atoms with Gasteiger partial charge in [0.25, 0.3) is 0 Å². The number of nitrogens with two attached hydrogens (primary N) is 1. The molecule has 1 rings (SSSR count). The van der Waals surface area contributed by atoms with Crippen molar-refractivity contribution in [1.82, 2.24) is 10.3 Å². The lowest BCUT2D eigenvalue weighted by molar-refractivity contribution is 0.0524. The zero-order valence-corrected chi connectivity index (χ0v) is 12.5. The topological polar surface area (TPSA) is 86.5 Å². The minimum atomic E-state index is -0.520. The molecule has 1 amide bonds. The number of carbonyl (C=O) groups excluding carboxylic acids is 1. The van der Waals surface area contributed by atoms with Gasteiger partial charge in [-0.25, -0.2) is 9.78 Å². The maximum atomic E-state index is 11.6. The van der Waals surface area contributed by atoms with Crippen LogP contribution in [0.1, 0.15) is 32.3 Å². The van der Waals surface area contributed by atoms with E-state index in [4.69, 9.17) is 15.2 Å². The molecule has 0 radical (unpaired) electrons. The Kier molecular flexibility index (Phi) is 5.76. The summed E-state index contributed by atoms with van der Waals surface area (Å²) in [5, 5.41) is 2.72. The summed E-state index contributed by atoms with van der Waals surface area (Å²) in [5.74, 6) is 0.445. The van der Waals surface area contributed by atoms with Crippen molar-refractivity contribution in [3.8, 4) is 5.88 Å². The highest BCUT2D eigenvalue weighted by molar-refractivity contribution is 5.67. The number of hydrogen-bond donors (Lipinski definition) is 2. The average Bonchev–Trinajstić information content (AvgIpc) is 2.38. The largest absolute Gasteiger partial charge is 0.481 e. The molecule has 0 aliphatic rings. The highest BCUT2D eigenvalue weighted by atomic mass is 16.6. The van der Waals surface area contributed by atoms with Crippen LogP contribution in [0.15, 0.2) is 18.3 Å². The minimum absolute atomic E-state index is 0.0776. The van der Waals surface area contributed by atoms with E-state index in [0.29, 0.717) is 19.0 Å². The Balaban J connectivity index is 2.66. The smallest absolute Gasteiger partial charge is 0.407 e. The molecule has 6 heteroatoms. The minimum Gasteiger partial charge on any atom is -0.481 e. The number of pyridine rings is 1. The van der Waals surface area contributed by atoms with Gasteiger partial charge in [0.05, 0.1) is 7.11 Å². The van der Waals surface area contributed by atoms with Crippen molar-refractivity contribution < 1.29 is 14.3 Å². The lowest BCUT2D eigenvalue weighted by Crippen LogP contribution is -2.36. The Morgan fingerprint density at radius 2 is 2.20 bits per heavy atom. The summed E-state index contributed by atoms with van der Waals surface area (Å²) in [5.41, 5.74) is 6.12. The lowest BCUT2D eigenvalue weighted by Gasteiger charge is -2.22. The Morgan fingerprint density at radius 3 is 2.75 bits per heavy atom. The number of hydrogen-bond acceptors (Lipinski definition) is 5. The number of aromatic nitrogens is 1. The van der Waals surface area contributed by atoms with Gasteiger partial charge in [0.15, 0.2) is 0 Å². The third-order valence-electron chi connectivity index (χ3n) is 2.61. The molecule has 1 heterocycles. The fraction of sp³-hybridized carbons (Fsp3) is 0.571. The van der Waals surface area contributed by atoms with Crippen LogP contribution < -0.4 is 15.8 Å². The first-order chi connectivity index (χ1) is 9.37. The van der Waals surface area contributed by atoms with Gasteiger partial charge >= 0.3 is 6.09 Å². The van der Waals surface area contributed by atoms with Crippen LogP contribution >= 0.6 is 0 Å². The first-order valence-electron chi connectivity index (χ1n) is 6.53. The second-order valence-corrected chi connectivity index (χ2v) is 5.42. The molecule has 0 aliphatic heterocycles. The van der Waals surface area contributed by atoms with Crippen molar-refractivity contribution >= 4 is 6.09 Å². The molecule has 0 saturated carbocycles. The summed E-state index contributed by atoms with van der Waals surface area (Å²) in [7, 11) is 1.56. The van der Waals surface area contributed by atoms with E-state index in [0.717, 1.165) is 5.56 Å². The van der Waals surface area contributed by atoms with E-state index in [1.54, 1.807) is 13.3 Å². The maximum absolute atomic E-state index is 11.6. The molecule has 0 fully saturated rings. The fourth-order valence-corrected chi connectivity index (χ4v) is 1.73. The van der Waals surface area contributed by atoms with Gasteiger partial charge in [-0.3, -0.25) is 0 Å². The number of carbonyl (C=O) groups is 1. The number of ether oxygens (including phenoxy) is 2. The monoisotopic (exact) mass is 281 g/mol. The van der Waals surface area contributed by atoms with Crippen molar-refractivity contribution in [3.63, 3.8) is 0 Å². The quantitative estimate of drug-likeness (QED) is 0.857. The van der Waals surface area contributed by atoms with E-state index in [9.17, 15) is 4.79 Å². The van der Waals surface area contributed by atoms with Gasteiger partial charge in [-0.15, -0.1) is 0 Å². The zero-order chi connectivity index (χ0) is 15.2. The van der Waals surface area contributed by atoms with E-state index in [1.807, 2.05) is 32.9 Å². The lowest BCUT2D eigenvalue weighted by atomic mass is 10.0. The van der Waals surface area contributed by atoms with E-state index < -0.39 is 11.7 Å². The molecule has 1 atom stereocenters. The molecule has 1 aromatic rings. The summed E-state index contributed by atoms with van der Waals surface area (Å²) < 4.78 is 10.4. The number of methoxy groups -OCH3 is 1. The molecular weight excluding hydrogens is 258 g/mol. The van der Waals surface area contributed by atoms with E-state index in [1.165, 1.54) is 0 Å². The van der Waals surface area contributed by atoms with Crippen LogP contribution in [0.4, 0.5) is 4.79 Å². The summed E-state index contributed by atoms with van der Waals surface area (Å²) in [6.45, 7) is 6.19. The predicted octanol–water partition coefficient (Wildman–Crippen LogP) is 1.66. The molecular formula is C14H23N3O3. The van der Waals surface area contributed by atoms with Crippen LogP contribution in [0.5, 0.6) is 5.88 Å². The number of rotatable bonds is 5. The van der Waals surface area contributed by atoms with E-state index in [-0.39, 0.29) is 5.92 Å². The van der Waals surface area contributed by atoms with Crippen molar-refractivity contribution in [2.45, 2.75) is 32.3 Å². The van der Waals surface area contributed by atoms with Crippen molar-refractivity contribution in [1.29, 1.82) is 0 Å². The van der Waals surface area contributed by atoms with Gasteiger partial charge in [0, 0.05) is 30.8 Å². The standard InChI is InChI=1S/C14H23N3O3/c1-14(2,3)20-13(18)17-9-10(8-15)11-6-5-7-16-12(11)19-4/h5-7,10H,8-9,15H2,1-4H3,(H,17,18). The molecule has 0 spiro atoms. The molecule has 1 aromatic heterocycles. The zero-order valence-electron chi connectivity index (χ0n) is 12.5. The second-order valence-electron chi connectivity index (χ2n) is 5.42. The van der Waals surface area contributed by atoms with Crippen LogP contribution in [0.25, 0.3) is 0 Å². The average molecular weight is 281 g/mol. The van der Waals surface area contributed by atoms with Crippen LogP contribution in [0.2, 0.25) is 0 Å². The third kappa shape index (κ3) is 5.05. The van der Waals surface area contributed by atoms with Crippen molar-refractivity contribution in [2.24, 2.45) is 5.73 Å². The summed E-state index contributed by atoms with van der Waals surface area (Å²) in [6.07, 6.45) is 1.19. The molecule has 1 unspecified atom stereocenters. The number of nitrogens with one attached hydrogen (secondary N) is 1. The van der Waals surface area contributed by atoms with Crippen LogP contribution in [-0.2, 0) is 4.74 Å². The third-order valence-corrected chi connectivity index (χ3v) is 2.61. The first-order valence-corrected chi connectivity index (χ1v) is 6.53. The molecule has 3 N–H and O–H groups in total. The number of alkyl carbamates (subject to hydrolysis) is 1. The fourth-order valence-electron chi connectivity index (χ4n) is 1.73. The molecule has 0 aliphatic carbocycles. The van der Waals surface area contributed by atoms with Crippen molar-refractivity contribution in [3.05, 3.63) is 23.9 Å². The van der Waals surface area contributed by atoms with E-state index >= 15 is 0 Å². The van der Waals surface area contributed by atoms with Gasteiger partial charge in [-0.1, -0.05) is 6.07 Å². The molecule has 0 aromatic carbocycles. The van der Waals surface area contributed by atoms with E-state index in [2.05, 4.69) is 10.3 Å². The molecule has 112 valence electrons. The Labute approximate surface area is 119 Å². The molecule has 20 heavy (non-hydrogen) atoms. The number of nitrogens with zero attached hydrogens (tertiary/aromatic N) is 1. The van der Waals surface area contributed by atoms with Gasteiger partial charge in [-0.2, -0.15) is 0 Å². The number of amides is 1. The Bertz CT molecular complexity index is 444. The van der Waals surface area contributed by atoms with Crippen LogP contribution in [0, 0.1) is 0 Å². The summed E-state index contributed by atoms with van der Waals surface area (Å²) >= 11 is 0. The van der Waals surface area contributed by atoms with Gasteiger partial charge < -0.3 is 20.5 Å². The summed E-state index contributed by atoms with van der Waals surface area (Å²) in [6, 6.07) is 3.70. The normalized spacial score (nSPS) is 12.7. The van der Waals surface area contributed by atoms with Crippen LogP contribution in [-0.4, -0.2) is 36.9 Å². The van der Waals surface area contributed by atoms with Gasteiger partial charge in [0.2, 0.25) is 5.88 Å². The van der Waals surface area contributed by atoms with Crippen LogP contribution in [0.3, 0.4) is 0 Å². The Hall–Kier alpha value is -1.82. The first kappa shape index (κ1) is 16.2. The highest BCUT2D eigenvalue weighted by Gasteiger charge is 2.19. The highest BCUT2D eigenvalue weighted by Crippen LogP contribution is 2.22. The second kappa shape index (κ2) is 7.09. The van der Waals surface area contributed by atoms with Gasteiger partial charge in [-0.05, 0) is 26.8 Å². The predicted molar refractivity (Wildman–Crippen MR) is 76.8 cm³/mol. The van der Waals surface area contributed by atoms with Crippen molar-refractivity contribution in [2.75, 3.05) is 20.2 Å². The molecule has 6 nitrogen and oxygen atoms in total. The summed E-state index contributed by atoms with van der Waals surface area (Å²) in [4.78, 5) is 15.8. The maximum Gasteiger partial charge on any atom is 0.407 e.